The maximum atomic E-state index is 12.5. The predicted molar refractivity (Wildman–Crippen MR) is 103 cm³/mol. The number of esters is 1. The highest BCUT2D eigenvalue weighted by Crippen LogP contribution is 2.24. The summed E-state index contributed by atoms with van der Waals surface area (Å²) < 4.78 is 4.68. The Bertz CT molecular complexity index is 793. The van der Waals surface area contributed by atoms with Gasteiger partial charge in [0.05, 0.1) is 34.6 Å². The van der Waals surface area contributed by atoms with E-state index in [9.17, 15) is 9.59 Å². The largest absolute Gasteiger partial charge is 0.465 e. The molecule has 1 aromatic carbocycles. The lowest BCUT2D eigenvalue weighted by Crippen LogP contribution is -2.14. The SMILES string of the molecule is COC(=O)c1ccc(Cl)c(NC(=O)c2cncc(NCCC(C)C)c2)c1. The number of ether oxygens (including phenoxy) is 1. The normalized spacial score (nSPS) is 10.5. The van der Waals surface area contributed by atoms with Crippen molar-refractivity contribution >= 4 is 34.9 Å². The summed E-state index contributed by atoms with van der Waals surface area (Å²) in [5.74, 6) is -0.282. The van der Waals surface area contributed by atoms with E-state index in [-0.39, 0.29) is 5.91 Å². The van der Waals surface area contributed by atoms with Crippen LogP contribution in [0.15, 0.2) is 36.7 Å². The van der Waals surface area contributed by atoms with Crippen LogP contribution in [-0.2, 0) is 4.74 Å². The summed E-state index contributed by atoms with van der Waals surface area (Å²) in [5, 5.41) is 6.27. The van der Waals surface area contributed by atoms with Gasteiger partial charge in [0, 0.05) is 18.9 Å². The van der Waals surface area contributed by atoms with Gasteiger partial charge in [0.15, 0.2) is 0 Å². The zero-order chi connectivity index (χ0) is 19.1. The summed E-state index contributed by atoms with van der Waals surface area (Å²) in [5.41, 5.74) is 1.79. The van der Waals surface area contributed by atoms with Crippen LogP contribution in [-0.4, -0.2) is 30.5 Å². The monoisotopic (exact) mass is 375 g/mol. The molecule has 0 unspecified atom stereocenters. The fourth-order valence-corrected chi connectivity index (χ4v) is 2.39. The summed E-state index contributed by atoms with van der Waals surface area (Å²) in [6, 6.07) is 6.27. The van der Waals surface area contributed by atoms with Crippen molar-refractivity contribution in [1.29, 1.82) is 0 Å². The maximum absolute atomic E-state index is 12.5. The molecule has 0 spiro atoms. The molecule has 2 N–H and O–H groups in total. The minimum atomic E-state index is -0.504. The second-order valence-electron chi connectivity index (χ2n) is 6.21. The smallest absolute Gasteiger partial charge is 0.337 e. The Morgan fingerprint density at radius 2 is 1.96 bits per heavy atom. The molecule has 0 fully saturated rings. The van der Waals surface area contributed by atoms with Crippen LogP contribution >= 0.6 is 11.6 Å². The minimum absolute atomic E-state index is 0.300. The topological polar surface area (TPSA) is 80.3 Å². The molecule has 0 aliphatic heterocycles. The van der Waals surface area contributed by atoms with Gasteiger partial charge >= 0.3 is 5.97 Å². The van der Waals surface area contributed by atoms with Crippen molar-refractivity contribution in [1.82, 2.24) is 4.98 Å². The molecule has 0 radical (unpaired) electrons. The summed E-state index contributed by atoms with van der Waals surface area (Å²) in [6.07, 6.45) is 4.16. The molecule has 0 aliphatic rings. The average Bonchev–Trinajstić information content (AvgIpc) is 2.62. The van der Waals surface area contributed by atoms with E-state index in [0.29, 0.717) is 27.8 Å². The van der Waals surface area contributed by atoms with Gasteiger partial charge in [-0.1, -0.05) is 25.4 Å². The van der Waals surface area contributed by atoms with E-state index < -0.39 is 5.97 Å². The molecule has 1 amide bonds. The number of hydrogen-bond donors (Lipinski definition) is 2. The number of carbonyl (C=O) groups is 2. The summed E-state index contributed by atoms with van der Waals surface area (Å²) in [7, 11) is 1.29. The highest BCUT2D eigenvalue weighted by atomic mass is 35.5. The Balaban J connectivity index is 2.11. The lowest BCUT2D eigenvalue weighted by atomic mass is 10.1. The summed E-state index contributed by atoms with van der Waals surface area (Å²) >= 11 is 6.11. The van der Waals surface area contributed by atoms with Crippen LogP contribution < -0.4 is 10.6 Å². The number of amides is 1. The molecule has 1 aromatic heterocycles. The Morgan fingerprint density at radius 1 is 1.19 bits per heavy atom. The fraction of sp³-hybridized carbons (Fsp3) is 0.316. The number of pyridine rings is 1. The van der Waals surface area contributed by atoms with Gasteiger partial charge < -0.3 is 15.4 Å². The predicted octanol–water partition coefficient (Wildman–Crippen LogP) is 4.23. The number of carbonyl (C=O) groups excluding carboxylic acids is 2. The number of methoxy groups -OCH3 is 1. The molecule has 0 saturated heterocycles. The number of rotatable bonds is 7. The summed E-state index contributed by atoms with van der Waals surface area (Å²) in [4.78, 5) is 28.2. The lowest BCUT2D eigenvalue weighted by molar-refractivity contribution is 0.0600. The second kappa shape index (κ2) is 9.20. The standard InChI is InChI=1S/C19H22ClN3O3/c1-12(2)6-7-22-15-8-14(10-21-11-15)18(24)23-17-9-13(19(25)26-3)4-5-16(17)20/h4-5,8-12,22H,6-7H2,1-3H3,(H,23,24). The van der Waals surface area contributed by atoms with Crippen LogP contribution in [0.25, 0.3) is 0 Å². The van der Waals surface area contributed by atoms with Crippen molar-refractivity contribution < 1.29 is 14.3 Å². The lowest BCUT2D eigenvalue weighted by Gasteiger charge is -2.11. The molecule has 138 valence electrons. The Labute approximate surface area is 157 Å². The number of nitrogens with zero attached hydrogens (tertiary/aromatic N) is 1. The number of anilines is 2. The van der Waals surface area contributed by atoms with Crippen LogP contribution in [0.3, 0.4) is 0 Å². The van der Waals surface area contributed by atoms with E-state index in [1.807, 2.05) is 0 Å². The average molecular weight is 376 g/mol. The molecule has 2 rings (SSSR count). The van der Waals surface area contributed by atoms with Gasteiger partial charge in [-0.25, -0.2) is 4.79 Å². The molecular weight excluding hydrogens is 354 g/mol. The van der Waals surface area contributed by atoms with Crippen molar-refractivity contribution in [2.75, 3.05) is 24.3 Å². The first-order valence-corrected chi connectivity index (χ1v) is 8.66. The van der Waals surface area contributed by atoms with Gasteiger partial charge in [0.25, 0.3) is 5.91 Å². The molecule has 6 nitrogen and oxygen atoms in total. The first-order valence-electron chi connectivity index (χ1n) is 8.29. The number of aromatic nitrogens is 1. The van der Waals surface area contributed by atoms with Crippen LogP contribution in [0.2, 0.25) is 5.02 Å². The van der Waals surface area contributed by atoms with Gasteiger partial charge in [-0.3, -0.25) is 9.78 Å². The molecular formula is C19H22ClN3O3. The molecule has 0 bridgehead atoms. The van der Waals surface area contributed by atoms with E-state index >= 15 is 0 Å². The first kappa shape index (κ1) is 19.7. The van der Waals surface area contributed by atoms with Crippen molar-refractivity contribution in [2.45, 2.75) is 20.3 Å². The highest BCUT2D eigenvalue weighted by molar-refractivity contribution is 6.34. The number of nitrogens with one attached hydrogen (secondary N) is 2. The molecule has 0 aliphatic carbocycles. The first-order chi connectivity index (χ1) is 12.4. The van der Waals surface area contributed by atoms with Gasteiger partial charge in [-0.05, 0) is 36.6 Å². The van der Waals surface area contributed by atoms with E-state index in [1.54, 1.807) is 12.3 Å². The van der Waals surface area contributed by atoms with Crippen LogP contribution in [0.1, 0.15) is 41.0 Å². The van der Waals surface area contributed by atoms with E-state index in [0.717, 1.165) is 18.7 Å². The van der Waals surface area contributed by atoms with Crippen molar-refractivity contribution in [2.24, 2.45) is 5.92 Å². The third kappa shape index (κ3) is 5.46. The van der Waals surface area contributed by atoms with Crippen LogP contribution in [0, 0.1) is 5.92 Å². The Hall–Kier alpha value is -2.60. The maximum Gasteiger partial charge on any atom is 0.337 e. The molecule has 0 atom stereocenters. The molecule has 2 aromatic rings. The zero-order valence-corrected chi connectivity index (χ0v) is 15.8. The molecule has 1 heterocycles. The number of benzene rings is 1. The highest BCUT2D eigenvalue weighted by Gasteiger charge is 2.13. The van der Waals surface area contributed by atoms with Crippen molar-refractivity contribution in [3.63, 3.8) is 0 Å². The second-order valence-corrected chi connectivity index (χ2v) is 6.62. The zero-order valence-electron chi connectivity index (χ0n) is 15.0. The summed E-state index contributed by atoms with van der Waals surface area (Å²) in [6.45, 7) is 5.10. The third-order valence-electron chi connectivity index (χ3n) is 3.69. The Kier molecular flexibility index (Phi) is 6.97. The van der Waals surface area contributed by atoms with E-state index in [4.69, 9.17) is 11.6 Å². The third-order valence-corrected chi connectivity index (χ3v) is 4.02. The van der Waals surface area contributed by atoms with Crippen molar-refractivity contribution in [3.8, 4) is 0 Å². The van der Waals surface area contributed by atoms with Gasteiger partial charge in [-0.2, -0.15) is 0 Å². The number of halogens is 1. The van der Waals surface area contributed by atoms with Crippen molar-refractivity contribution in [3.05, 3.63) is 52.8 Å². The van der Waals surface area contributed by atoms with Gasteiger partial charge in [0.2, 0.25) is 0 Å². The van der Waals surface area contributed by atoms with Gasteiger partial charge in [-0.15, -0.1) is 0 Å². The number of hydrogen-bond acceptors (Lipinski definition) is 5. The fourth-order valence-electron chi connectivity index (χ4n) is 2.23. The molecule has 26 heavy (non-hydrogen) atoms. The molecule has 7 heteroatoms. The Morgan fingerprint density at radius 3 is 2.65 bits per heavy atom. The molecule has 0 saturated carbocycles. The van der Waals surface area contributed by atoms with E-state index in [1.165, 1.54) is 31.5 Å². The van der Waals surface area contributed by atoms with Gasteiger partial charge in [0.1, 0.15) is 0 Å². The van der Waals surface area contributed by atoms with E-state index in [2.05, 4.69) is 34.2 Å². The van der Waals surface area contributed by atoms with Crippen LogP contribution in [0.4, 0.5) is 11.4 Å². The quantitative estimate of drug-likeness (QED) is 0.708. The van der Waals surface area contributed by atoms with Crippen LogP contribution in [0.5, 0.6) is 0 Å². The minimum Gasteiger partial charge on any atom is -0.465 e.